The van der Waals surface area contributed by atoms with Gasteiger partial charge in [0.15, 0.2) is 0 Å². The summed E-state index contributed by atoms with van der Waals surface area (Å²) in [5.41, 5.74) is 6.41. The first-order chi connectivity index (χ1) is 36.3. The number of sulfonamides is 2. The highest BCUT2D eigenvalue weighted by Gasteiger charge is 2.30. The Bertz CT molecular complexity index is 2670. The van der Waals surface area contributed by atoms with Gasteiger partial charge in [0.2, 0.25) is 20.0 Å². The Morgan fingerprint density at radius 2 is 0.829 bits per heavy atom. The second kappa shape index (κ2) is 29.7. The van der Waals surface area contributed by atoms with Crippen LogP contribution < -0.4 is 40.2 Å². The molecule has 0 fully saturated rings. The van der Waals surface area contributed by atoms with Crippen molar-refractivity contribution in [2.24, 2.45) is 0 Å². The van der Waals surface area contributed by atoms with E-state index in [0.29, 0.717) is 79.8 Å². The molecule has 0 aliphatic heterocycles. The molecule has 0 saturated carbocycles. The Morgan fingerprint density at radius 1 is 0.474 bits per heavy atom. The normalized spacial score (nSPS) is 15.1. The molecule has 6 rings (SSSR count). The Kier molecular flexibility index (Phi) is 23.9. The first-order valence-corrected chi connectivity index (χ1v) is 29.7. The van der Waals surface area contributed by atoms with Crippen molar-refractivity contribution in [2.45, 2.75) is 88.2 Å². The Hall–Kier alpha value is -4.16. The van der Waals surface area contributed by atoms with E-state index in [9.17, 15) is 26.4 Å². The molecule has 0 radical (unpaired) electrons. The number of hydrogen-bond donors (Lipinski definition) is 6. The van der Waals surface area contributed by atoms with Gasteiger partial charge in [-0.15, -0.1) is 0 Å². The van der Waals surface area contributed by atoms with Crippen LogP contribution in [0.2, 0.25) is 20.1 Å². The molecule has 418 valence electrons. The predicted molar refractivity (Wildman–Crippen MR) is 294 cm³/mol. The Balaban J connectivity index is 0.700. The number of amides is 4. The zero-order chi connectivity index (χ0) is 54.8. The van der Waals surface area contributed by atoms with Crippen LogP contribution in [0.25, 0.3) is 0 Å². The molecule has 0 unspecified atom stereocenters. The van der Waals surface area contributed by atoms with E-state index in [-0.39, 0.29) is 113 Å². The SMILES string of the molecule is Cc1cc(S(=O)(=O)NCCOCCOCCNC(=O)NCCCCNC(=O)NCCOCCOCCNS(=O)(=O)c2cc(C)c(O[C@@H]3CCc4c(Cl)cc(Cl)cc43)cc2C)c(C)cc1O[C@@H]1CCc2c(Cl)cc(Cl)cc21. The van der Waals surface area contributed by atoms with E-state index in [1.165, 1.54) is 0 Å². The molecule has 0 bridgehead atoms. The molecule has 24 heteroatoms. The third-order valence-corrected chi connectivity index (χ3v) is 16.8. The molecule has 0 saturated heterocycles. The van der Waals surface area contributed by atoms with E-state index in [1.54, 1.807) is 50.2 Å². The highest BCUT2D eigenvalue weighted by Crippen LogP contribution is 2.43. The molecule has 2 aliphatic carbocycles. The number of ether oxygens (including phenoxy) is 6. The molecule has 76 heavy (non-hydrogen) atoms. The van der Waals surface area contributed by atoms with Gasteiger partial charge in [-0.3, -0.25) is 0 Å². The number of carbonyl (C=O) groups is 2. The van der Waals surface area contributed by atoms with Crippen LogP contribution in [0.5, 0.6) is 11.5 Å². The smallest absolute Gasteiger partial charge is 0.314 e. The van der Waals surface area contributed by atoms with E-state index >= 15 is 0 Å². The fourth-order valence-corrected chi connectivity index (χ4v) is 12.5. The summed E-state index contributed by atoms with van der Waals surface area (Å²) in [7, 11) is -7.62. The molecular formula is C52H68Cl4N6O12S2. The zero-order valence-corrected chi connectivity index (χ0v) is 47.8. The third kappa shape index (κ3) is 18.2. The van der Waals surface area contributed by atoms with Crippen LogP contribution >= 0.6 is 46.4 Å². The fraction of sp³-hybridized carbons (Fsp3) is 0.500. The van der Waals surface area contributed by atoms with Gasteiger partial charge in [0, 0.05) is 59.4 Å². The largest absolute Gasteiger partial charge is 0.485 e. The summed E-state index contributed by atoms with van der Waals surface area (Å²) < 4.78 is 92.4. The minimum Gasteiger partial charge on any atom is -0.485 e. The van der Waals surface area contributed by atoms with Crippen molar-refractivity contribution in [1.82, 2.24) is 30.7 Å². The molecule has 4 amide bonds. The lowest BCUT2D eigenvalue weighted by atomic mass is 10.1. The third-order valence-electron chi connectivity index (χ3n) is 12.5. The van der Waals surface area contributed by atoms with Gasteiger partial charge in [-0.1, -0.05) is 46.4 Å². The molecule has 0 aromatic heterocycles. The van der Waals surface area contributed by atoms with Gasteiger partial charge in [0.05, 0.1) is 62.6 Å². The molecule has 4 aromatic rings. The lowest BCUT2D eigenvalue weighted by molar-refractivity contribution is 0.0516. The maximum absolute atomic E-state index is 13.1. The van der Waals surface area contributed by atoms with Crippen molar-refractivity contribution in [1.29, 1.82) is 0 Å². The second-order valence-corrected chi connectivity index (χ2v) is 23.4. The summed E-state index contributed by atoms with van der Waals surface area (Å²) in [4.78, 5) is 24.5. The van der Waals surface area contributed by atoms with Crippen LogP contribution in [0.15, 0.2) is 58.3 Å². The van der Waals surface area contributed by atoms with E-state index in [4.69, 9.17) is 74.8 Å². The molecule has 2 atom stereocenters. The maximum Gasteiger partial charge on any atom is 0.314 e. The number of fused-ring (bicyclic) bond motifs is 2. The average Bonchev–Trinajstić information content (AvgIpc) is 3.96. The zero-order valence-electron chi connectivity index (χ0n) is 43.1. The van der Waals surface area contributed by atoms with E-state index in [2.05, 4.69) is 30.7 Å². The summed E-state index contributed by atoms with van der Waals surface area (Å²) in [6.07, 6.45) is 3.87. The number of urea groups is 2. The van der Waals surface area contributed by atoms with Crippen molar-refractivity contribution in [3.8, 4) is 11.5 Å². The van der Waals surface area contributed by atoms with Crippen LogP contribution in [-0.4, -0.2) is 121 Å². The van der Waals surface area contributed by atoms with Gasteiger partial charge in [0.25, 0.3) is 0 Å². The lowest BCUT2D eigenvalue weighted by Crippen LogP contribution is -2.39. The highest BCUT2D eigenvalue weighted by atomic mass is 35.5. The number of benzene rings is 4. The van der Waals surface area contributed by atoms with Crippen LogP contribution in [0, 0.1) is 27.7 Å². The first-order valence-electron chi connectivity index (χ1n) is 25.2. The standard InChI is InChI=1S/C52H68Cl4N6O12S2/c1-33-27-49(35(3)25-47(33)73-45-9-7-39-41(45)29-37(53)31-43(39)55)75(65,66)61-15-19-71-23-21-69-17-13-59-51(63)57-11-5-6-12-58-52(64)60-14-18-70-22-24-72-20-16-62-76(67,68)50-28-34(2)48(26-36(50)4)74-46-10-8-40-42(46)30-38(54)32-44(40)56/h25-32,45-46,61-62H,5-24H2,1-4H3,(H2,57,59,63)(H2,58,60,64)/t45-,46-/m1/s1. The number of rotatable bonds is 31. The predicted octanol–water partition coefficient (Wildman–Crippen LogP) is 8.37. The number of aryl methyl sites for hydroxylation is 4. The van der Waals surface area contributed by atoms with Crippen molar-refractivity contribution in [3.05, 3.63) is 113 Å². The summed E-state index contributed by atoms with van der Waals surface area (Å²) >= 11 is 25.3. The molecular weight excluding hydrogens is 1110 g/mol. The van der Waals surface area contributed by atoms with Crippen molar-refractivity contribution in [3.63, 3.8) is 0 Å². The van der Waals surface area contributed by atoms with Crippen molar-refractivity contribution >= 4 is 78.5 Å². The van der Waals surface area contributed by atoms with Crippen molar-refractivity contribution in [2.75, 3.05) is 92.1 Å². The minimum absolute atomic E-state index is 0.0706. The average molecular weight is 1180 g/mol. The van der Waals surface area contributed by atoms with Gasteiger partial charge < -0.3 is 49.7 Å². The van der Waals surface area contributed by atoms with Gasteiger partial charge in [-0.25, -0.2) is 35.9 Å². The summed E-state index contributed by atoms with van der Waals surface area (Å²) in [5.74, 6) is 1.20. The van der Waals surface area contributed by atoms with E-state index in [0.717, 1.165) is 47.9 Å². The van der Waals surface area contributed by atoms with Crippen LogP contribution in [0.1, 0.15) is 82.4 Å². The molecule has 18 nitrogen and oxygen atoms in total. The molecule has 2 aliphatic rings. The van der Waals surface area contributed by atoms with E-state index < -0.39 is 20.0 Å². The van der Waals surface area contributed by atoms with Gasteiger partial charge >= 0.3 is 12.1 Å². The molecule has 0 heterocycles. The van der Waals surface area contributed by atoms with Crippen LogP contribution in [-0.2, 0) is 51.8 Å². The number of carbonyl (C=O) groups excluding carboxylic acids is 2. The van der Waals surface area contributed by atoms with Crippen LogP contribution in [0.4, 0.5) is 9.59 Å². The Morgan fingerprint density at radius 3 is 1.21 bits per heavy atom. The first kappa shape index (κ1) is 61.1. The number of hydrogen-bond acceptors (Lipinski definition) is 12. The van der Waals surface area contributed by atoms with Crippen LogP contribution in [0.3, 0.4) is 0 Å². The number of unbranched alkanes of at least 4 members (excludes halogenated alkanes) is 1. The minimum atomic E-state index is -3.81. The van der Waals surface area contributed by atoms with Gasteiger partial charge in [-0.05, 0) is 159 Å². The summed E-state index contributed by atoms with van der Waals surface area (Å²) in [6.45, 7) is 10.4. The number of halogens is 4. The summed E-state index contributed by atoms with van der Waals surface area (Å²) in [5, 5.41) is 13.3. The summed E-state index contributed by atoms with van der Waals surface area (Å²) in [6, 6.07) is 13.2. The van der Waals surface area contributed by atoms with Gasteiger partial charge in [-0.2, -0.15) is 0 Å². The van der Waals surface area contributed by atoms with E-state index in [1.807, 2.05) is 26.0 Å². The molecule has 4 aromatic carbocycles. The van der Waals surface area contributed by atoms with Gasteiger partial charge in [0.1, 0.15) is 23.7 Å². The quantitative estimate of drug-likeness (QED) is 0.0261. The van der Waals surface area contributed by atoms with Crippen molar-refractivity contribution < 1.29 is 54.8 Å². The monoisotopic (exact) mass is 1170 g/mol. The second-order valence-electron chi connectivity index (χ2n) is 18.3. The lowest BCUT2D eigenvalue weighted by Gasteiger charge is -2.19. The molecule has 0 spiro atoms. The fourth-order valence-electron chi connectivity index (χ4n) is 8.67. The highest BCUT2D eigenvalue weighted by molar-refractivity contribution is 7.89. The number of nitrogens with one attached hydrogen (secondary N) is 6. The Labute approximate surface area is 466 Å². The topological polar surface area (TPSA) is 230 Å². The molecule has 6 N–H and O–H groups in total. The maximum atomic E-state index is 13.1.